The number of nitrogens with zero attached hydrogens (tertiary/aromatic N) is 2. The molecule has 24 heavy (non-hydrogen) atoms. The van der Waals surface area contributed by atoms with E-state index in [9.17, 15) is 0 Å². The molecule has 0 N–H and O–H groups in total. The first-order valence-corrected chi connectivity index (χ1v) is 8.65. The van der Waals surface area contributed by atoms with Crippen molar-refractivity contribution in [2.45, 2.75) is 13.1 Å². The first-order chi connectivity index (χ1) is 11.8. The van der Waals surface area contributed by atoms with E-state index in [0.29, 0.717) is 12.2 Å². The maximum atomic E-state index is 5.47. The van der Waals surface area contributed by atoms with E-state index in [0.717, 1.165) is 24.6 Å². The maximum Gasteiger partial charge on any atom is 0.231 e. The van der Waals surface area contributed by atoms with E-state index in [1.165, 1.54) is 37.3 Å². The van der Waals surface area contributed by atoms with Gasteiger partial charge in [-0.25, -0.2) is 0 Å². The molecule has 124 valence electrons. The Morgan fingerprint density at radius 1 is 0.750 bits per heavy atom. The van der Waals surface area contributed by atoms with Crippen LogP contribution in [-0.4, -0.2) is 42.8 Å². The molecule has 0 saturated carbocycles. The Balaban J connectivity index is 1.12. The summed E-state index contributed by atoms with van der Waals surface area (Å²) in [7, 11) is 0. The second-order valence-electron chi connectivity index (χ2n) is 7.46. The van der Waals surface area contributed by atoms with Gasteiger partial charge >= 0.3 is 0 Å². The second-order valence-corrected chi connectivity index (χ2v) is 7.46. The minimum atomic E-state index is 0.350. The monoisotopic (exact) mass is 322 g/mol. The van der Waals surface area contributed by atoms with Crippen LogP contribution in [0.15, 0.2) is 48.5 Å². The van der Waals surface area contributed by atoms with E-state index in [1.54, 1.807) is 0 Å². The van der Waals surface area contributed by atoms with Crippen molar-refractivity contribution in [1.29, 1.82) is 0 Å². The van der Waals surface area contributed by atoms with Crippen LogP contribution in [0.4, 0.5) is 0 Å². The van der Waals surface area contributed by atoms with Crippen LogP contribution in [0.2, 0.25) is 0 Å². The Kier molecular flexibility index (Phi) is 3.28. The molecule has 2 aromatic carbocycles. The summed E-state index contributed by atoms with van der Waals surface area (Å²) in [6.07, 6.45) is 0. The fraction of sp³-hybridized carbons (Fsp3) is 0.400. The van der Waals surface area contributed by atoms with Crippen LogP contribution in [0.25, 0.3) is 0 Å². The number of ether oxygens (including phenoxy) is 2. The van der Waals surface area contributed by atoms with Crippen LogP contribution in [0.1, 0.15) is 11.1 Å². The van der Waals surface area contributed by atoms with Crippen LogP contribution >= 0.6 is 0 Å². The SMILES string of the molecule is c1ccc(CN2CC3(C2)CN(Cc2ccc4c(c2)OCO4)C3)cc1. The molecule has 0 unspecified atom stereocenters. The van der Waals surface area contributed by atoms with Crippen molar-refractivity contribution in [3.05, 3.63) is 59.7 Å². The zero-order valence-corrected chi connectivity index (χ0v) is 13.8. The highest BCUT2D eigenvalue weighted by Gasteiger charge is 2.51. The number of hydrogen-bond acceptors (Lipinski definition) is 4. The smallest absolute Gasteiger partial charge is 0.231 e. The number of rotatable bonds is 4. The van der Waals surface area contributed by atoms with Crippen molar-refractivity contribution in [3.63, 3.8) is 0 Å². The summed E-state index contributed by atoms with van der Waals surface area (Å²) in [6.45, 7) is 7.35. The summed E-state index contributed by atoms with van der Waals surface area (Å²) in [5.41, 5.74) is 3.28. The summed E-state index contributed by atoms with van der Waals surface area (Å²) in [5.74, 6) is 1.76. The second kappa shape index (κ2) is 5.50. The van der Waals surface area contributed by atoms with Crippen LogP contribution < -0.4 is 9.47 Å². The molecule has 2 saturated heterocycles. The molecule has 4 nitrogen and oxygen atoms in total. The molecule has 5 rings (SSSR count). The molecule has 0 radical (unpaired) electrons. The summed E-state index contributed by atoms with van der Waals surface area (Å²) < 4.78 is 10.8. The van der Waals surface area contributed by atoms with Gasteiger partial charge in [0.2, 0.25) is 6.79 Å². The van der Waals surface area contributed by atoms with Crippen LogP contribution in [0.5, 0.6) is 11.5 Å². The molecule has 3 heterocycles. The van der Waals surface area contributed by atoms with Gasteiger partial charge in [-0.05, 0) is 23.3 Å². The van der Waals surface area contributed by atoms with E-state index in [1.807, 2.05) is 6.07 Å². The number of benzene rings is 2. The van der Waals surface area contributed by atoms with E-state index in [-0.39, 0.29) is 0 Å². The topological polar surface area (TPSA) is 24.9 Å². The Hall–Kier alpha value is -2.04. The largest absolute Gasteiger partial charge is 0.454 e. The fourth-order valence-corrected chi connectivity index (χ4v) is 4.37. The molecule has 3 aliphatic rings. The fourth-order valence-electron chi connectivity index (χ4n) is 4.37. The predicted octanol–water partition coefficient (Wildman–Crippen LogP) is 2.73. The Morgan fingerprint density at radius 3 is 2.17 bits per heavy atom. The molecule has 2 fully saturated rings. The van der Waals surface area contributed by atoms with E-state index in [4.69, 9.17) is 9.47 Å². The van der Waals surface area contributed by atoms with Crippen molar-refractivity contribution in [3.8, 4) is 11.5 Å². The Morgan fingerprint density at radius 2 is 1.42 bits per heavy atom. The van der Waals surface area contributed by atoms with E-state index >= 15 is 0 Å². The summed E-state index contributed by atoms with van der Waals surface area (Å²) in [5, 5.41) is 0. The molecule has 2 aromatic rings. The molecule has 4 heteroatoms. The molecule has 1 spiro atoms. The average Bonchev–Trinajstić information content (AvgIpc) is 2.99. The number of hydrogen-bond donors (Lipinski definition) is 0. The third-order valence-corrected chi connectivity index (χ3v) is 5.33. The molecule has 0 atom stereocenters. The van der Waals surface area contributed by atoms with Gasteiger partial charge in [0, 0.05) is 44.7 Å². The third kappa shape index (κ3) is 2.56. The van der Waals surface area contributed by atoms with Gasteiger partial charge < -0.3 is 9.47 Å². The molecular formula is C20H22N2O2. The zero-order valence-electron chi connectivity index (χ0n) is 13.8. The minimum Gasteiger partial charge on any atom is -0.454 e. The maximum absolute atomic E-state index is 5.47. The molecule has 0 bridgehead atoms. The highest BCUT2D eigenvalue weighted by Crippen LogP contribution is 2.41. The van der Waals surface area contributed by atoms with E-state index < -0.39 is 0 Å². The standard InChI is InChI=1S/C20H22N2O2/c1-2-4-16(5-3-1)9-21-11-20(12-21)13-22(14-20)10-17-6-7-18-19(8-17)24-15-23-18/h1-8H,9-15H2. The molecule has 0 amide bonds. The van der Waals surface area contributed by atoms with Gasteiger partial charge in [-0.15, -0.1) is 0 Å². The molecule has 3 aliphatic heterocycles. The lowest BCUT2D eigenvalue weighted by molar-refractivity contribution is -0.121. The van der Waals surface area contributed by atoms with E-state index in [2.05, 4.69) is 52.3 Å². The molecular weight excluding hydrogens is 300 g/mol. The Bertz CT molecular complexity index is 733. The van der Waals surface area contributed by atoms with Gasteiger partial charge in [0.05, 0.1) is 0 Å². The van der Waals surface area contributed by atoms with Crippen molar-refractivity contribution >= 4 is 0 Å². The predicted molar refractivity (Wildman–Crippen MR) is 92.0 cm³/mol. The quantitative estimate of drug-likeness (QED) is 0.864. The lowest BCUT2D eigenvalue weighted by atomic mass is 9.72. The first-order valence-electron chi connectivity index (χ1n) is 8.65. The van der Waals surface area contributed by atoms with Crippen molar-refractivity contribution < 1.29 is 9.47 Å². The van der Waals surface area contributed by atoms with Crippen LogP contribution in [0, 0.1) is 5.41 Å². The highest BCUT2D eigenvalue weighted by molar-refractivity contribution is 5.44. The van der Waals surface area contributed by atoms with Crippen LogP contribution in [0.3, 0.4) is 0 Å². The van der Waals surface area contributed by atoms with Crippen molar-refractivity contribution in [1.82, 2.24) is 9.80 Å². The van der Waals surface area contributed by atoms with Crippen molar-refractivity contribution in [2.24, 2.45) is 5.41 Å². The summed E-state index contributed by atoms with van der Waals surface area (Å²) in [6, 6.07) is 17.1. The number of likely N-dealkylation sites (tertiary alicyclic amines) is 2. The van der Waals surface area contributed by atoms with Crippen LogP contribution in [-0.2, 0) is 13.1 Å². The van der Waals surface area contributed by atoms with Gasteiger partial charge in [0.1, 0.15) is 0 Å². The van der Waals surface area contributed by atoms with Gasteiger partial charge in [0.25, 0.3) is 0 Å². The minimum absolute atomic E-state index is 0.350. The highest BCUT2D eigenvalue weighted by atomic mass is 16.7. The molecule has 0 aliphatic carbocycles. The first kappa shape index (κ1) is 14.3. The Labute approximate surface area is 142 Å². The average molecular weight is 322 g/mol. The lowest BCUT2D eigenvalue weighted by Gasteiger charge is -2.60. The van der Waals surface area contributed by atoms with Crippen molar-refractivity contribution in [2.75, 3.05) is 33.0 Å². The van der Waals surface area contributed by atoms with Gasteiger partial charge in [0.15, 0.2) is 11.5 Å². The lowest BCUT2D eigenvalue weighted by Crippen LogP contribution is -2.71. The summed E-state index contributed by atoms with van der Waals surface area (Å²) in [4.78, 5) is 5.10. The molecule has 0 aromatic heterocycles. The summed E-state index contributed by atoms with van der Waals surface area (Å²) >= 11 is 0. The zero-order chi connectivity index (χ0) is 16.0. The normalized spacial score (nSPS) is 21.5. The number of fused-ring (bicyclic) bond motifs is 1. The van der Waals surface area contributed by atoms with Gasteiger partial charge in [-0.1, -0.05) is 36.4 Å². The third-order valence-electron chi connectivity index (χ3n) is 5.33. The van der Waals surface area contributed by atoms with Gasteiger partial charge in [-0.2, -0.15) is 0 Å². The van der Waals surface area contributed by atoms with Gasteiger partial charge in [-0.3, -0.25) is 9.80 Å².